The lowest BCUT2D eigenvalue weighted by Gasteiger charge is -2.32. The molecule has 0 aliphatic carbocycles. The van der Waals surface area contributed by atoms with Gasteiger partial charge in [-0.05, 0) is 30.0 Å². The summed E-state index contributed by atoms with van der Waals surface area (Å²) in [4.78, 5) is 9.95. The molecule has 2 aromatic rings. The van der Waals surface area contributed by atoms with E-state index >= 15 is 0 Å². The number of rotatable bonds is 8. The van der Waals surface area contributed by atoms with Gasteiger partial charge in [0, 0.05) is 38.8 Å². The summed E-state index contributed by atoms with van der Waals surface area (Å²) in [5.74, 6) is 1.02. The number of hydrogen-bond acceptors (Lipinski definition) is 4. The molecule has 0 spiro atoms. The van der Waals surface area contributed by atoms with Crippen LogP contribution < -0.4 is 5.32 Å². The first-order valence-electron chi connectivity index (χ1n) is 11.9. The second-order valence-corrected chi connectivity index (χ2v) is 8.51. The first-order valence-corrected chi connectivity index (χ1v) is 11.9. The highest BCUT2D eigenvalue weighted by Crippen LogP contribution is 2.17. The predicted molar refractivity (Wildman–Crippen MR) is 129 cm³/mol. The van der Waals surface area contributed by atoms with Crippen molar-refractivity contribution in [3.8, 4) is 0 Å². The zero-order valence-corrected chi connectivity index (χ0v) is 19.2. The zero-order chi connectivity index (χ0) is 22.0. The molecule has 1 N–H and O–H groups in total. The molecule has 2 aromatic carbocycles. The fourth-order valence-corrected chi connectivity index (χ4v) is 4.45. The lowest BCUT2D eigenvalue weighted by molar-refractivity contribution is 0.0195. The second kappa shape index (κ2) is 12.0. The molecule has 0 amide bonds. The Balaban J connectivity index is 1.31. The van der Waals surface area contributed by atoms with E-state index in [1.807, 2.05) is 18.2 Å². The van der Waals surface area contributed by atoms with Gasteiger partial charge in [-0.2, -0.15) is 0 Å². The lowest BCUT2D eigenvalue weighted by Crippen LogP contribution is -2.46. The van der Waals surface area contributed by atoms with Crippen molar-refractivity contribution in [1.29, 1.82) is 0 Å². The molecule has 2 aliphatic rings. The minimum atomic E-state index is 0.604. The van der Waals surface area contributed by atoms with Crippen molar-refractivity contribution in [2.45, 2.75) is 39.1 Å². The number of morpholine rings is 1. The molecular formula is C26H36N4O2. The smallest absolute Gasteiger partial charge is 0.194 e. The van der Waals surface area contributed by atoms with Crippen molar-refractivity contribution in [2.75, 3.05) is 45.9 Å². The SMILES string of the molecule is CCNC(=NCc1cccc(COCc2ccccc2)c1)N1CCC(N2CCOCC2)C1. The number of likely N-dealkylation sites (tertiary alicyclic amines) is 1. The van der Waals surface area contributed by atoms with E-state index in [-0.39, 0.29) is 0 Å². The fourth-order valence-electron chi connectivity index (χ4n) is 4.45. The molecule has 2 fully saturated rings. The van der Waals surface area contributed by atoms with Gasteiger partial charge in [0.1, 0.15) is 0 Å². The molecule has 2 heterocycles. The molecular weight excluding hydrogens is 400 g/mol. The van der Waals surface area contributed by atoms with E-state index < -0.39 is 0 Å². The number of guanidine groups is 1. The van der Waals surface area contributed by atoms with Gasteiger partial charge in [0.05, 0.1) is 33.0 Å². The first-order chi connectivity index (χ1) is 15.8. The number of benzene rings is 2. The predicted octanol–water partition coefficient (Wildman–Crippen LogP) is 3.28. The van der Waals surface area contributed by atoms with Gasteiger partial charge in [0.15, 0.2) is 5.96 Å². The maximum absolute atomic E-state index is 5.91. The molecule has 32 heavy (non-hydrogen) atoms. The minimum absolute atomic E-state index is 0.604. The van der Waals surface area contributed by atoms with Crippen molar-refractivity contribution >= 4 is 5.96 Å². The summed E-state index contributed by atoms with van der Waals surface area (Å²) in [5, 5.41) is 3.49. The van der Waals surface area contributed by atoms with E-state index in [0.717, 1.165) is 51.9 Å². The number of aliphatic imine (C=N–C) groups is 1. The molecule has 1 unspecified atom stereocenters. The van der Waals surface area contributed by atoms with Crippen molar-refractivity contribution < 1.29 is 9.47 Å². The highest BCUT2D eigenvalue weighted by molar-refractivity contribution is 5.80. The van der Waals surface area contributed by atoms with Crippen LogP contribution in [0.25, 0.3) is 0 Å². The van der Waals surface area contributed by atoms with Crippen molar-refractivity contribution in [3.63, 3.8) is 0 Å². The van der Waals surface area contributed by atoms with E-state index in [2.05, 4.69) is 58.4 Å². The summed E-state index contributed by atoms with van der Waals surface area (Å²) < 4.78 is 11.4. The Hall–Kier alpha value is -2.41. The summed E-state index contributed by atoms with van der Waals surface area (Å²) in [5.41, 5.74) is 3.60. The van der Waals surface area contributed by atoms with Crippen LogP contribution in [0.5, 0.6) is 0 Å². The van der Waals surface area contributed by atoms with Gasteiger partial charge >= 0.3 is 0 Å². The molecule has 4 rings (SSSR count). The van der Waals surface area contributed by atoms with Crippen LogP contribution >= 0.6 is 0 Å². The normalized spacial score (nSPS) is 20.0. The average Bonchev–Trinajstić information content (AvgIpc) is 3.34. The molecule has 0 bridgehead atoms. The van der Waals surface area contributed by atoms with Crippen molar-refractivity contribution in [2.24, 2.45) is 4.99 Å². The standard InChI is InChI=1S/C26H36N4O2/c1-2-27-26(30-12-11-25(19-30)29-13-15-31-16-14-29)28-18-23-9-6-10-24(17-23)21-32-20-22-7-4-3-5-8-22/h3-10,17,25H,2,11-16,18-21H2,1H3,(H,27,28). The topological polar surface area (TPSA) is 49.3 Å². The van der Waals surface area contributed by atoms with Crippen LogP contribution in [0.1, 0.15) is 30.0 Å². The van der Waals surface area contributed by atoms with Crippen LogP contribution in [0.2, 0.25) is 0 Å². The van der Waals surface area contributed by atoms with Crippen LogP contribution in [-0.4, -0.2) is 67.7 Å². The molecule has 1 atom stereocenters. The number of hydrogen-bond donors (Lipinski definition) is 1. The summed E-state index contributed by atoms with van der Waals surface area (Å²) in [6, 6.07) is 19.5. The van der Waals surface area contributed by atoms with E-state index in [4.69, 9.17) is 14.5 Å². The zero-order valence-electron chi connectivity index (χ0n) is 19.2. The van der Waals surface area contributed by atoms with Crippen LogP contribution in [0.15, 0.2) is 59.6 Å². The van der Waals surface area contributed by atoms with E-state index in [1.165, 1.54) is 23.1 Å². The Kier molecular flexibility index (Phi) is 8.54. The van der Waals surface area contributed by atoms with Gasteiger partial charge in [-0.3, -0.25) is 4.90 Å². The Bertz CT molecular complexity index is 852. The van der Waals surface area contributed by atoms with E-state index in [0.29, 0.717) is 25.8 Å². The van der Waals surface area contributed by atoms with E-state index in [1.54, 1.807) is 0 Å². The molecule has 0 saturated carbocycles. The Morgan fingerprint density at radius 1 is 1.00 bits per heavy atom. The van der Waals surface area contributed by atoms with Crippen molar-refractivity contribution in [3.05, 3.63) is 71.3 Å². The minimum Gasteiger partial charge on any atom is -0.379 e. The Morgan fingerprint density at radius 2 is 1.75 bits per heavy atom. The largest absolute Gasteiger partial charge is 0.379 e. The molecule has 0 aromatic heterocycles. The quantitative estimate of drug-likeness (QED) is 0.508. The maximum Gasteiger partial charge on any atom is 0.194 e. The third-order valence-electron chi connectivity index (χ3n) is 6.14. The van der Waals surface area contributed by atoms with E-state index in [9.17, 15) is 0 Å². The third kappa shape index (κ3) is 6.55. The molecule has 6 nitrogen and oxygen atoms in total. The summed E-state index contributed by atoms with van der Waals surface area (Å²) in [7, 11) is 0. The molecule has 0 radical (unpaired) electrons. The highest BCUT2D eigenvalue weighted by atomic mass is 16.5. The van der Waals surface area contributed by atoms with Gasteiger partial charge in [-0.15, -0.1) is 0 Å². The Morgan fingerprint density at radius 3 is 2.56 bits per heavy atom. The van der Waals surface area contributed by atoms with Crippen LogP contribution in [0.3, 0.4) is 0 Å². The van der Waals surface area contributed by atoms with Gasteiger partial charge in [-0.25, -0.2) is 4.99 Å². The molecule has 2 saturated heterocycles. The van der Waals surface area contributed by atoms with Crippen molar-refractivity contribution in [1.82, 2.24) is 15.1 Å². The van der Waals surface area contributed by atoms with Crippen LogP contribution in [0.4, 0.5) is 0 Å². The molecule has 6 heteroatoms. The molecule has 2 aliphatic heterocycles. The number of nitrogens with one attached hydrogen (secondary N) is 1. The highest BCUT2D eigenvalue weighted by Gasteiger charge is 2.30. The number of ether oxygens (including phenoxy) is 2. The summed E-state index contributed by atoms with van der Waals surface area (Å²) in [6.07, 6.45) is 1.19. The monoisotopic (exact) mass is 436 g/mol. The molecule has 172 valence electrons. The van der Waals surface area contributed by atoms with Gasteiger partial charge < -0.3 is 19.7 Å². The summed E-state index contributed by atoms with van der Waals surface area (Å²) >= 11 is 0. The Labute approximate surface area is 192 Å². The fraction of sp³-hybridized carbons (Fsp3) is 0.500. The summed E-state index contributed by atoms with van der Waals surface area (Å²) in [6.45, 7) is 10.8. The van der Waals surface area contributed by atoms with Crippen LogP contribution in [0, 0.1) is 0 Å². The van der Waals surface area contributed by atoms with Gasteiger partial charge in [0.25, 0.3) is 0 Å². The first kappa shape index (κ1) is 22.8. The second-order valence-electron chi connectivity index (χ2n) is 8.51. The maximum atomic E-state index is 5.91. The lowest BCUT2D eigenvalue weighted by atomic mass is 10.1. The van der Waals surface area contributed by atoms with Crippen LogP contribution in [-0.2, 0) is 29.2 Å². The van der Waals surface area contributed by atoms with Gasteiger partial charge in [-0.1, -0.05) is 54.6 Å². The third-order valence-corrected chi connectivity index (χ3v) is 6.14. The number of nitrogens with zero attached hydrogens (tertiary/aromatic N) is 3. The average molecular weight is 437 g/mol. The van der Waals surface area contributed by atoms with Gasteiger partial charge in [0.2, 0.25) is 0 Å².